The predicted molar refractivity (Wildman–Crippen MR) is 80.3 cm³/mol. The van der Waals surface area contributed by atoms with E-state index in [0.29, 0.717) is 0 Å². The number of carbonyl (C=O) groups excluding carboxylic acids is 2. The minimum Gasteiger partial charge on any atom is -0.462 e. The first-order valence-corrected chi connectivity index (χ1v) is 7.45. The molecule has 0 heterocycles. The van der Waals surface area contributed by atoms with Crippen LogP contribution in [0.1, 0.15) is 25.0 Å². The SMILES string of the molecule is CCOC(=O)C(=Cc1ccc(CBr)cc1)C(=O)OCC. The van der Waals surface area contributed by atoms with Gasteiger partial charge in [-0.15, -0.1) is 0 Å². The summed E-state index contributed by atoms with van der Waals surface area (Å²) in [5.74, 6) is -1.34. The Morgan fingerprint density at radius 3 is 1.95 bits per heavy atom. The number of ether oxygens (including phenoxy) is 2. The molecule has 0 amide bonds. The highest BCUT2D eigenvalue weighted by Gasteiger charge is 2.20. The van der Waals surface area contributed by atoms with Gasteiger partial charge < -0.3 is 9.47 Å². The van der Waals surface area contributed by atoms with Crippen molar-refractivity contribution in [2.75, 3.05) is 13.2 Å². The van der Waals surface area contributed by atoms with Gasteiger partial charge in [0.25, 0.3) is 0 Å². The second-order valence-electron chi connectivity index (χ2n) is 3.87. The van der Waals surface area contributed by atoms with E-state index in [0.717, 1.165) is 16.5 Å². The van der Waals surface area contributed by atoms with Crippen molar-refractivity contribution in [1.29, 1.82) is 0 Å². The van der Waals surface area contributed by atoms with E-state index >= 15 is 0 Å². The van der Waals surface area contributed by atoms with Crippen LogP contribution in [-0.4, -0.2) is 25.2 Å². The molecule has 5 heteroatoms. The van der Waals surface area contributed by atoms with Crippen LogP contribution < -0.4 is 0 Å². The number of carbonyl (C=O) groups is 2. The molecule has 1 aromatic carbocycles. The van der Waals surface area contributed by atoms with Crippen LogP contribution in [0.3, 0.4) is 0 Å². The molecule has 0 aliphatic rings. The lowest BCUT2D eigenvalue weighted by molar-refractivity contribution is -0.146. The lowest BCUT2D eigenvalue weighted by atomic mass is 10.1. The fraction of sp³-hybridized carbons (Fsp3) is 0.333. The van der Waals surface area contributed by atoms with Gasteiger partial charge in [-0.25, -0.2) is 9.59 Å². The van der Waals surface area contributed by atoms with Crippen LogP contribution in [0.2, 0.25) is 0 Å². The van der Waals surface area contributed by atoms with Gasteiger partial charge in [0.1, 0.15) is 5.57 Å². The summed E-state index contributed by atoms with van der Waals surface area (Å²) in [5.41, 5.74) is 1.75. The smallest absolute Gasteiger partial charge is 0.345 e. The van der Waals surface area contributed by atoms with Crippen LogP contribution in [0, 0.1) is 0 Å². The van der Waals surface area contributed by atoms with E-state index in [1.54, 1.807) is 13.8 Å². The average molecular weight is 341 g/mol. The fourth-order valence-corrected chi connectivity index (χ4v) is 1.86. The largest absolute Gasteiger partial charge is 0.462 e. The maximum Gasteiger partial charge on any atom is 0.345 e. The molecule has 0 fully saturated rings. The first kappa shape index (κ1) is 16.4. The van der Waals surface area contributed by atoms with Crippen molar-refractivity contribution >= 4 is 33.9 Å². The predicted octanol–water partition coefficient (Wildman–Crippen LogP) is 3.09. The summed E-state index contributed by atoms with van der Waals surface area (Å²) in [6.07, 6.45) is 1.48. The summed E-state index contributed by atoms with van der Waals surface area (Å²) < 4.78 is 9.75. The van der Waals surface area contributed by atoms with Crippen LogP contribution in [0.5, 0.6) is 0 Å². The molecule has 0 aliphatic carbocycles. The first-order valence-electron chi connectivity index (χ1n) is 6.33. The Hall–Kier alpha value is -1.62. The molecule has 1 rings (SSSR count). The molecule has 0 N–H and O–H groups in total. The Kier molecular flexibility index (Phi) is 7.01. The molecule has 0 bridgehead atoms. The van der Waals surface area contributed by atoms with Crippen molar-refractivity contribution in [3.05, 3.63) is 41.0 Å². The van der Waals surface area contributed by atoms with Crippen LogP contribution in [-0.2, 0) is 24.4 Å². The van der Waals surface area contributed by atoms with E-state index in [4.69, 9.17) is 9.47 Å². The lowest BCUT2D eigenvalue weighted by Gasteiger charge is -2.06. The molecule has 0 atom stereocenters. The molecule has 0 saturated heterocycles. The topological polar surface area (TPSA) is 52.6 Å². The summed E-state index contributed by atoms with van der Waals surface area (Å²) in [6, 6.07) is 7.48. The summed E-state index contributed by atoms with van der Waals surface area (Å²) in [7, 11) is 0. The van der Waals surface area contributed by atoms with E-state index < -0.39 is 11.9 Å². The van der Waals surface area contributed by atoms with Gasteiger partial charge in [0.2, 0.25) is 0 Å². The normalized spacial score (nSPS) is 9.75. The second-order valence-corrected chi connectivity index (χ2v) is 4.43. The third-order valence-electron chi connectivity index (χ3n) is 2.44. The molecule has 0 saturated carbocycles. The molecular formula is C15H17BrO4. The van der Waals surface area contributed by atoms with Gasteiger partial charge in [-0.1, -0.05) is 40.2 Å². The van der Waals surface area contributed by atoms with E-state index in [2.05, 4.69) is 15.9 Å². The highest BCUT2D eigenvalue weighted by Crippen LogP contribution is 2.13. The van der Waals surface area contributed by atoms with E-state index in [9.17, 15) is 9.59 Å². The maximum absolute atomic E-state index is 11.8. The van der Waals surface area contributed by atoms with Gasteiger partial charge >= 0.3 is 11.9 Å². The standard InChI is InChI=1S/C15H17BrO4/c1-3-19-14(17)13(15(18)20-4-2)9-11-5-7-12(10-16)8-6-11/h5-9H,3-4,10H2,1-2H3. The van der Waals surface area contributed by atoms with Crippen molar-refractivity contribution in [2.45, 2.75) is 19.2 Å². The van der Waals surface area contributed by atoms with Crippen LogP contribution in [0.15, 0.2) is 29.8 Å². The highest BCUT2D eigenvalue weighted by atomic mass is 79.9. The molecule has 0 aliphatic heterocycles. The number of hydrogen-bond acceptors (Lipinski definition) is 4. The second kappa shape index (κ2) is 8.53. The minimum atomic E-state index is -0.671. The third-order valence-corrected chi connectivity index (χ3v) is 3.08. The number of alkyl halides is 1. The molecule has 1 aromatic rings. The Balaban J connectivity index is 3.03. The Labute approximate surface area is 126 Å². The van der Waals surface area contributed by atoms with Crippen LogP contribution in [0.25, 0.3) is 6.08 Å². The van der Waals surface area contributed by atoms with Crippen LogP contribution in [0.4, 0.5) is 0 Å². The number of esters is 2. The van der Waals surface area contributed by atoms with E-state index in [1.165, 1.54) is 6.08 Å². The summed E-state index contributed by atoms with van der Waals surface area (Å²) in [5, 5.41) is 0.750. The number of rotatable bonds is 6. The van der Waals surface area contributed by atoms with Crippen molar-refractivity contribution in [3.8, 4) is 0 Å². The zero-order valence-electron chi connectivity index (χ0n) is 11.5. The van der Waals surface area contributed by atoms with E-state index in [-0.39, 0.29) is 18.8 Å². The molecule has 0 aromatic heterocycles. The Morgan fingerprint density at radius 1 is 1.05 bits per heavy atom. The first-order chi connectivity index (χ1) is 9.62. The van der Waals surface area contributed by atoms with Gasteiger partial charge in [-0.2, -0.15) is 0 Å². The quantitative estimate of drug-likeness (QED) is 0.262. The van der Waals surface area contributed by atoms with Crippen molar-refractivity contribution in [1.82, 2.24) is 0 Å². The molecule has 4 nitrogen and oxygen atoms in total. The van der Waals surface area contributed by atoms with Gasteiger partial charge in [-0.3, -0.25) is 0 Å². The summed E-state index contributed by atoms with van der Waals surface area (Å²) in [6.45, 7) is 3.78. The molecular weight excluding hydrogens is 324 g/mol. The third kappa shape index (κ3) is 4.81. The highest BCUT2D eigenvalue weighted by molar-refractivity contribution is 9.08. The monoisotopic (exact) mass is 340 g/mol. The molecule has 0 unspecified atom stereocenters. The Morgan fingerprint density at radius 2 is 1.55 bits per heavy atom. The summed E-state index contributed by atoms with van der Waals surface area (Å²) >= 11 is 3.36. The number of benzene rings is 1. The molecule has 0 spiro atoms. The lowest BCUT2D eigenvalue weighted by Crippen LogP contribution is -2.18. The van der Waals surface area contributed by atoms with Gasteiger partial charge in [0.05, 0.1) is 13.2 Å². The maximum atomic E-state index is 11.8. The number of hydrogen-bond donors (Lipinski definition) is 0. The fourth-order valence-electron chi connectivity index (χ4n) is 1.49. The van der Waals surface area contributed by atoms with E-state index in [1.807, 2.05) is 24.3 Å². The van der Waals surface area contributed by atoms with Crippen LogP contribution >= 0.6 is 15.9 Å². The summed E-state index contributed by atoms with van der Waals surface area (Å²) in [4.78, 5) is 23.6. The van der Waals surface area contributed by atoms with Crippen molar-refractivity contribution in [2.24, 2.45) is 0 Å². The Bertz CT molecular complexity index is 471. The van der Waals surface area contributed by atoms with Crippen molar-refractivity contribution < 1.29 is 19.1 Å². The molecule has 108 valence electrons. The van der Waals surface area contributed by atoms with Gasteiger partial charge in [0, 0.05) is 5.33 Å². The van der Waals surface area contributed by atoms with Gasteiger partial charge in [0.15, 0.2) is 0 Å². The van der Waals surface area contributed by atoms with Gasteiger partial charge in [-0.05, 0) is 31.1 Å². The zero-order chi connectivity index (χ0) is 15.0. The van der Waals surface area contributed by atoms with Crippen molar-refractivity contribution in [3.63, 3.8) is 0 Å². The molecule has 0 radical (unpaired) electrons. The minimum absolute atomic E-state index is 0.0970. The number of halogens is 1. The zero-order valence-corrected chi connectivity index (χ0v) is 13.1. The molecule has 20 heavy (non-hydrogen) atoms. The average Bonchev–Trinajstić information content (AvgIpc) is 2.45.